The number of hydrogen-bond donors (Lipinski definition) is 1. The normalized spacial score (nSPS) is 11.5. The largest absolute Gasteiger partial charge is 0.475 e. The summed E-state index contributed by atoms with van der Waals surface area (Å²) in [6, 6.07) is 5.84. The molecule has 0 spiro atoms. The first-order chi connectivity index (χ1) is 8.79. The summed E-state index contributed by atoms with van der Waals surface area (Å²) < 4.78 is 27.5. The lowest BCUT2D eigenvalue weighted by Crippen LogP contribution is -1.98. The molecule has 0 aliphatic carbocycles. The van der Waals surface area contributed by atoms with E-state index in [1.807, 2.05) is 0 Å². The lowest BCUT2D eigenvalue weighted by Gasteiger charge is -2.04. The van der Waals surface area contributed by atoms with E-state index < -0.39 is 15.8 Å². The molecule has 0 aliphatic rings. The van der Waals surface area contributed by atoms with Crippen molar-refractivity contribution >= 4 is 15.8 Å². The van der Waals surface area contributed by atoms with Gasteiger partial charge in [0, 0.05) is 17.9 Å². The van der Waals surface area contributed by atoms with E-state index in [0.29, 0.717) is 16.8 Å². The minimum atomic E-state index is -3.27. The molecular formula is C12H11NO5S. The van der Waals surface area contributed by atoms with Crippen LogP contribution in [-0.4, -0.2) is 30.9 Å². The predicted molar refractivity (Wildman–Crippen MR) is 66.7 cm³/mol. The quantitative estimate of drug-likeness (QED) is 0.920. The average molecular weight is 281 g/mol. The number of aryl methyl sites for hydroxylation is 1. The number of rotatable bonds is 3. The highest BCUT2D eigenvalue weighted by molar-refractivity contribution is 7.90. The SMILES string of the molecule is Cc1cc(S(C)(=O)=O)ccc1-c1cc(C(=O)O)on1. The molecule has 6 nitrogen and oxygen atoms in total. The highest BCUT2D eigenvalue weighted by atomic mass is 32.2. The fourth-order valence-electron chi connectivity index (χ4n) is 1.66. The molecule has 0 bridgehead atoms. The maximum absolute atomic E-state index is 11.4. The minimum Gasteiger partial charge on any atom is -0.475 e. The van der Waals surface area contributed by atoms with Crippen LogP contribution in [0.4, 0.5) is 0 Å². The van der Waals surface area contributed by atoms with Crippen LogP contribution in [-0.2, 0) is 9.84 Å². The molecule has 2 aromatic rings. The Kier molecular flexibility index (Phi) is 3.15. The van der Waals surface area contributed by atoms with Gasteiger partial charge in [-0.3, -0.25) is 0 Å². The van der Waals surface area contributed by atoms with E-state index in [-0.39, 0.29) is 10.7 Å². The van der Waals surface area contributed by atoms with Crippen LogP contribution < -0.4 is 0 Å². The summed E-state index contributed by atoms with van der Waals surface area (Å²) in [5, 5.41) is 12.4. The Morgan fingerprint density at radius 3 is 2.47 bits per heavy atom. The van der Waals surface area contributed by atoms with Crippen LogP contribution in [0.5, 0.6) is 0 Å². The molecule has 0 saturated heterocycles. The number of nitrogens with zero attached hydrogens (tertiary/aromatic N) is 1. The zero-order valence-corrected chi connectivity index (χ0v) is 11.1. The number of aromatic carboxylic acids is 1. The lowest BCUT2D eigenvalue weighted by molar-refractivity contribution is 0.0652. The molecule has 19 heavy (non-hydrogen) atoms. The van der Waals surface area contributed by atoms with Crippen molar-refractivity contribution in [3.63, 3.8) is 0 Å². The van der Waals surface area contributed by atoms with Gasteiger partial charge >= 0.3 is 5.97 Å². The van der Waals surface area contributed by atoms with Crippen molar-refractivity contribution in [3.05, 3.63) is 35.6 Å². The van der Waals surface area contributed by atoms with E-state index >= 15 is 0 Å². The molecule has 1 heterocycles. The predicted octanol–water partition coefficient (Wildman–Crippen LogP) is 1.75. The van der Waals surface area contributed by atoms with Crippen molar-refractivity contribution in [1.82, 2.24) is 5.16 Å². The summed E-state index contributed by atoms with van der Waals surface area (Å²) in [5.74, 6) is -1.47. The Morgan fingerprint density at radius 1 is 1.32 bits per heavy atom. The Balaban J connectivity index is 2.49. The van der Waals surface area contributed by atoms with Crippen LogP contribution in [0.25, 0.3) is 11.3 Å². The van der Waals surface area contributed by atoms with E-state index in [0.717, 1.165) is 6.26 Å². The molecule has 0 saturated carbocycles. The number of carboxylic acids is 1. The fourth-order valence-corrected chi connectivity index (χ4v) is 2.36. The second kappa shape index (κ2) is 4.51. The minimum absolute atomic E-state index is 0.204. The molecule has 2 rings (SSSR count). The first kappa shape index (κ1) is 13.3. The van der Waals surface area contributed by atoms with E-state index in [9.17, 15) is 13.2 Å². The molecule has 0 aliphatic heterocycles. The van der Waals surface area contributed by atoms with Crippen LogP contribution in [0, 0.1) is 6.92 Å². The Labute approximate surface area is 109 Å². The first-order valence-electron chi connectivity index (χ1n) is 5.30. The average Bonchev–Trinajstić information content (AvgIpc) is 2.76. The molecule has 0 fully saturated rings. The third-order valence-corrected chi connectivity index (χ3v) is 3.73. The molecule has 1 aromatic heterocycles. The zero-order chi connectivity index (χ0) is 14.2. The second-order valence-electron chi connectivity index (χ2n) is 4.13. The standard InChI is InChI=1S/C12H11NO5S/c1-7-5-8(19(2,16)17)3-4-9(7)10-6-11(12(14)15)18-13-10/h3-6H,1-2H3,(H,14,15). The van der Waals surface area contributed by atoms with Crippen LogP contribution in [0.2, 0.25) is 0 Å². The molecule has 100 valence electrons. The number of sulfone groups is 1. The summed E-state index contributed by atoms with van der Waals surface area (Å²) in [7, 11) is -3.27. The second-order valence-corrected chi connectivity index (χ2v) is 6.15. The van der Waals surface area contributed by atoms with Crippen LogP contribution >= 0.6 is 0 Å². The van der Waals surface area contributed by atoms with Crippen molar-refractivity contribution in [1.29, 1.82) is 0 Å². The van der Waals surface area contributed by atoms with Crippen LogP contribution in [0.1, 0.15) is 16.1 Å². The van der Waals surface area contributed by atoms with Gasteiger partial charge in [-0.1, -0.05) is 11.2 Å². The van der Waals surface area contributed by atoms with Gasteiger partial charge in [-0.05, 0) is 24.6 Å². The fraction of sp³-hybridized carbons (Fsp3) is 0.167. The van der Waals surface area contributed by atoms with Gasteiger partial charge in [0.15, 0.2) is 9.84 Å². The maximum atomic E-state index is 11.4. The van der Waals surface area contributed by atoms with Gasteiger partial charge in [0.1, 0.15) is 5.69 Å². The Morgan fingerprint density at radius 2 is 2.00 bits per heavy atom. The van der Waals surface area contributed by atoms with E-state index in [2.05, 4.69) is 9.68 Å². The zero-order valence-electron chi connectivity index (χ0n) is 10.2. The monoisotopic (exact) mass is 281 g/mol. The van der Waals surface area contributed by atoms with Crippen molar-refractivity contribution in [3.8, 4) is 11.3 Å². The van der Waals surface area contributed by atoms with Gasteiger partial charge in [-0.15, -0.1) is 0 Å². The molecule has 7 heteroatoms. The van der Waals surface area contributed by atoms with Gasteiger partial charge in [-0.25, -0.2) is 13.2 Å². The van der Waals surface area contributed by atoms with Crippen LogP contribution in [0.3, 0.4) is 0 Å². The number of carbonyl (C=O) groups is 1. The van der Waals surface area contributed by atoms with E-state index in [1.54, 1.807) is 13.0 Å². The van der Waals surface area contributed by atoms with Gasteiger partial charge in [-0.2, -0.15) is 0 Å². The highest BCUT2D eigenvalue weighted by Crippen LogP contribution is 2.25. The summed E-state index contributed by atoms with van der Waals surface area (Å²) in [4.78, 5) is 10.9. The number of carboxylic acid groups (broad SMARTS) is 1. The Hall–Kier alpha value is -2.15. The van der Waals surface area contributed by atoms with Gasteiger partial charge in [0.05, 0.1) is 4.90 Å². The molecule has 0 radical (unpaired) electrons. The van der Waals surface area contributed by atoms with Gasteiger partial charge in [0.2, 0.25) is 5.76 Å². The first-order valence-corrected chi connectivity index (χ1v) is 7.19. The van der Waals surface area contributed by atoms with Crippen molar-refractivity contribution in [2.45, 2.75) is 11.8 Å². The summed E-state index contributed by atoms with van der Waals surface area (Å²) in [5.41, 5.74) is 1.66. The maximum Gasteiger partial charge on any atom is 0.374 e. The highest BCUT2D eigenvalue weighted by Gasteiger charge is 2.15. The Bertz CT molecular complexity index is 745. The topological polar surface area (TPSA) is 97.5 Å². The smallest absolute Gasteiger partial charge is 0.374 e. The van der Waals surface area contributed by atoms with Gasteiger partial charge < -0.3 is 9.63 Å². The summed E-state index contributed by atoms with van der Waals surface area (Å²) >= 11 is 0. The van der Waals surface area contributed by atoms with E-state index in [4.69, 9.17) is 5.11 Å². The molecule has 1 N–H and O–H groups in total. The van der Waals surface area contributed by atoms with Gasteiger partial charge in [0.25, 0.3) is 0 Å². The van der Waals surface area contributed by atoms with Crippen LogP contribution in [0.15, 0.2) is 33.7 Å². The molecule has 0 atom stereocenters. The summed E-state index contributed by atoms with van der Waals surface area (Å²) in [6.45, 7) is 1.72. The molecular weight excluding hydrogens is 270 g/mol. The number of aromatic nitrogens is 1. The van der Waals surface area contributed by atoms with E-state index in [1.165, 1.54) is 18.2 Å². The molecule has 1 aromatic carbocycles. The molecule has 0 amide bonds. The summed E-state index contributed by atoms with van der Waals surface area (Å²) in [6.07, 6.45) is 1.13. The van der Waals surface area contributed by atoms with Crippen molar-refractivity contribution in [2.24, 2.45) is 0 Å². The third kappa shape index (κ3) is 2.65. The molecule has 0 unspecified atom stereocenters. The van der Waals surface area contributed by atoms with Crippen molar-refractivity contribution in [2.75, 3.05) is 6.26 Å². The number of benzene rings is 1. The number of hydrogen-bond acceptors (Lipinski definition) is 5. The van der Waals surface area contributed by atoms with Crippen molar-refractivity contribution < 1.29 is 22.8 Å². The third-order valence-electron chi connectivity index (χ3n) is 2.62. The lowest BCUT2D eigenvalue weighted by atomic mass is 10.1.